The van der Waals surface area contributed by atoms with Crippen LogP contribution in [0.25, 0.3) is 11.0 Å². The van der Waals surface area contributed by atoms with Gasteiger partial charge < -0.3 is 14.2 Å². The van der Waals surface area contributed by atoms with Gasteiger partial charge in [0.1, 0.15) is 5.58 Å². The Labute approximate surface area is 171 Å². The number of hydrogen-bond donors (Lipinski definition) is 0. The summed E-state index contributed by atoms with van der Waals surface area (Å²) >= 11 is 3.50. The number of carbonyl (C=O) groups is 1. The van der Waals surface area contributed by atoms with Gasteiger partial charge in [-0.1, -0.05) is 39.7 Å². The Morgan fingerprint density at radius 1 is 1.14 bits per heavy atom. The van der Waals surface area contributed by atoms with Crippen molar-refractivity contribution in [2.45, 2.75) is 13.0 Å². The highest BCUT2D eigenvalue weighted by Crippen LogP contribution is 2.38. The number of nitrogens with zero attached hydrogens (tertiary/aromatic N) is 2. The quantitative estimate of drug-likeness (QED) is 0.615. The summed E-state index contributed by atoms with van der Waals surface area (Å²) in [4.78, 5) is 30.4. The van der Waals surface area contributed by atoms with Crippen LogP contribution in [0.1, 0.15) is 33.3 Å². The summed E-state index contributed by atoms with van der Waals surface area (Å²) in [6, 6.07) is 12.8. The average molecular weight is 441 g/mol. The van der Waals surface area contributed by atoms with Crippen molar-refractivity contribution in [2.75, 3.05) is 27.2 Å². The molecule has 0 radical (unpaired) electrons. The second kappa shape index (κ2) is 7.18. The first-order valence-corrected chi connectivity index (χ1v) is 9.94. The van der Waals surface area contributed by atoms with Crippen molar-refractivity contribution in [2.24, 2.45) is 0 Å². The number of carbonyl (C=O) groups excluding carboxylic acids is 1. The Balaban J connectivity index is 1.96. The van der Waals surface area contributed by atoms with E-state index in [-0.39, 0.29) is 17.1 Å². The van der Waals surface area contributed by atoms with Gasteiger partial charge in [-0.15, -0.1) is 0 Å². The summed E-state index contributed by atoms with van der Waals surface area (Å²) < 4.78 is 6.86. The van der Waals surface area contributed by atoms with E-state index >= 15 is 0 Å². The van der Waals surface area contributed by atoms with Gasteiger partial charge in [0.2, 0.25) is 5.76 Å². The number of fused-ring (bicyclic) bond motifs is 2. The van der Waals surface area contributed by atoms with Crippen LogP contribution < -0.4 is 5.43 Å². The molecule has 28 heavy (non-hydrogen) atoms. The number of benzene rings is 2. The fourth-order valence-electron chi connectivity index (χ4n) is 3.70. The highest BCUT2D eigenvalue weighted by molar-refractivity contribution is 9.10. The van der Waals surface area contributed by atoms with Crippen LogP contribution in [0, 0.1) is 6.92 Å². The molecule has 2 heterocycles. The van der Waals surface area contributed by atoms with Crippen molar-refractivity contribution >= 4 is 32.8 Å². The van der Waals surface area contributed by atoms with Crippen molar-refractivity contribution in [3.8, 4) is 0 Å². The van der Waals surface area contributed by atoms with E-state index in [9.17, 15) is 9.59 Å². The van der Waals surface area contributed by atoms with Gasteiger partial charge >= 0.3 is 0 Å². The standard InChI is InChI=1S/C22H21BrN2O3/c1-13-7-8-17-16(11-13)20(26)18-19(14-5-4-6-15(23)12-14)25(10-9-24(2)3)22(27)21(18)28-17/h4-8,11-12,19H,9-10H2,1-3H3. The molecule has 2 aromatic carbocycles. The monoisotopic (exact) mass is 440 g/mol. The summed E-state index contributed by atoms with van der Waals surface area (Å²) in [5.41, 5.74) is 2.61. The second-order valence-corrected chi connectivity index (χ2v) is 8.35. The molecule has 0 N–H and O–H groups in total. The smallest absolute Gasteiger partial charge is 0.290 e. The van der Waals surface area contributed by atoms with Crippen molar-refractivity contribution in [1.82, 2.24) is 9.80 Å². The van der Waals surface area contributed by atoms with E-state index in [4.69, 9.17) is 4.42 Å². The van der Waals surface area contributed by atoms with Crippen molar-refractivity contribution in [3.63, 3.8) is 0 Å². The van der Waals surface area contributed by atoms with Crippen LogP contribution in [0.3, 0.4) is 0 Å². The normalized spacial score (nSPS) is 16.2. The zero-order valence-corrected chi connectivity index (χ0v) is 17.6. The van der Waals surface area contributed by atoms with Gasteiger partial charge in [-0.05, 0) is 50.8 Å². The van der Waals surface area contributed by atoms with Gasteiger partial charge in [-0.25, -0.2) is 0 Å². The molecule has 1 amide bonds. The minimum atomic E-state index is -0.457. The summed E-state index contributed by atoms with van der Waals surface area (Å²) in [6.45, 7) is 3.13. The molecular formula is C22H21BrN2O3. The van der Waals surface area contributed by atoms with Crippen LogP contribution in [-0.4, -0.2) is 42.9 Å². The number of amides is 1. The van der Waals surface area contributed by atoms with E-state index in [0.717, 1.165) is 15.6 Å². The minimum absolute atomic E-state index is 0.134. The molecule has 5 nitrogen and oxygen atoms in total. The Kier molecular flexibility index (Phi) is 4.85. The Bertz CT molecular complexity index is 1140. The number of rotatable bonds is 4. The maximum Gasteiger partial charge on any atom is 0.290 e. The van der Waals surface area contributed by atoms with Crippen molar-refractivity contribution in [1.29, 1.82) is 0 Å². The molecule has 1 atom stereocenters. The number of aryl methyl sites for hydroxylation is 1. The third-order valence-corrected chi connectivity index (χ3v) is 5.57. The summed E-state index contributed by atoms with van der Waals surface area (Å²) in [5.74, 6) is -0.0773. The molecular weight excluding hydrogens is 420 g/mol. The van der Waals surface area contributed by atoms with Gasteiger partial charge in [0.25, 0.3) is 5.91 Å². The third-order valence-electron chi connectivity index (χ3n) is 5.07. The van der Waals surface area contributed by atoms with Gasteiger partial charge in [-0.2, -0.15) is 0 Å². The van der Waals surface area contributed by atoms with Crippen molar-refractivity contribution in [3.05, 3.63) is 79.6 Å². The largest absolute Gasteiger partial charge is 0.450 e. The Morgan fingerprint density at radius 3 is 2.64 bits per heavy atom. The molecule has 4 rings (SSSR count). The van der Waals surface area contributed by atoms with E-state index in [1.165, 1.54) is 0 Å². The predicted octanol–water partition coefficient (Wildman–Crippen LogP) is 3.97. The molecule has 0 aliphatic carbocycles. The molecule has 1 aliphatic rings. The molecule has 1 aliphatic heterocycles. The summed E-state index contributed by atoms with van der Waals surface area (Å²) in [7, 11) is 3.92. The summed E-state index contributed by atoms with van der Waals surface area (Å²) in [5, 5.41) is 0.515. The maximum atomic E-state index is 13.4. The molecule has 144 valence electrons. The average Bonchev–Trinajstić information content (AvgIpc) is 2.93. The van der Waals surface area contributed by atoms with Crippen LogP contribution in [0.15, 0.2) is 56.1 Å². The maximum absolute atomic E-state index is 13.4. The van der Waals surface area contributed by atoms with E-state index in [1.807, 2.05) is 62.3 Å². The lowest BCUT2D eigenvalue weighted by molar-refractivity contribution is 0.0716. The Hall–Kier alpha value is -2.44. The number of likely N-dealkylation sites (N-methyl/N-ethyl adjacent to an activating group) is 1. The zero-order valence-electron chi connectivity index (χ0n) is 16.0. The molecule has 1 aromatic heterocycles. The van der Waals surface area contributed by atoms with E-state index < -0.39 is 6.04 Å². The highest BCUT2D eigenvalue weighted by Gasteiger charge is 2.42. The van der Waals surface area contributed by atoms with Crippen LogP contribution in [0.5, 0.6) is 0 Å². The van der Waals surface area contributed by atoms with Gasteiger partial charge in [0.05, 0.1) is 17.0 Å². The molecule has 0 saturated heterocycles. The lowest BCUT2D eigenvalue weighted by atomic mass is 9.98. The Morgan fingerprint density at radius 2 is 1.93 bits per heavy atom. The topological polar surface area (TPSA) is 53.8 Å². The highest BCUT2D eigenvalue weighted by atomic mass is 79.9. The minimum Gasteiger partial charge on any atom is -0.450 e. The van der Waals surface area contributed by atoms with Gasteiger partial charge in [0.15, 0.2) is 5.43 Å². The van der Waals surface area contributed by atoms with Crippen LogP contribution in [0.4, 0.5) is 0 Å². The molecule has 1 unspecified atom stereocenters. The van der Waals surface area contributed by atoms with Crippen LogP contribution >= 0.6 is 15.9 Å². The lowest BCUT2D eigenvalue weighted by Gasteiger charge is -2.26. The molecule has 0 fully saturated rings. The van der Waals surface area contributed by atoms with E-state index in [2.05, 4.69) is 15.9 Å². The van der Waals surface area contributed by atoms with E-state index in [1.54, 1.807) is 11.0 Å². The van der Waals surface area contributed by atoms with Crippen molar-refractivity contribution < 1.29 is 9.21 Å². The third kappa shape index (κ3) is 3.16. The van der Waals surface area contributed by atoms with E-state index in [0.29, 0.717) is 29.6 Å². The van der Waals surface area contributed by atoms with Crippen LogP contribution in [-0.2, 0) is 0 Å². The van der Waals surface area contributed by atoms with Crippen LogP contribution in [0.2, 0.25) is 0 Å². The second-order valence-electron chi connectivity index (χ2n) is 7.43. The lowest BCUT2D eigenvalue weighted by Crippen LogP contribution is -2.35. The fraction of sp³-hybridized carbons (Fsp3) is 0.273. The molecule has 0 saturated carbocycles. The number of hydrogen-bond acceptors (Lipinski definition) is 4. The first-order valence-electron chi connectivity index (χ1n) is 9.15. The first kappa shape index (κ1) is 18.9. The fourth-order valence-corrected chi connectivity index (χ4v) is 4.11. The molecule has 6 heteroatoms. The predicted molar refractivity (Wildman–Crippen MR) is 113 cm³/mol. The first-order chi connectivity index (χ1) is 13.4. The summed E-state index contributed by atoms with van der Waals surface area (Å²) in [6.07, 6.45) is 0. The van der Waals surface area contributed by atoms with Gasteiger partial charge in [-0.3, -0.25) is 9.59 Å². The SMILES string of the molecule is Cc1ccc2oc3c(c(=O)c2c1)C(c1cccc(Br)c1)N(CCN(C)C)C3=O. The molecule has 0 spiro atoms. The number of halogens is 1. The molecule has 3 aromatic rings. The van der Waals surface area contributed by atoms with Gasteiger partial charge in [0, 0.05) is 17.6 Å². The zero-order chi connectivity index (χ0) is 20.0. The molecule has 0 bridgehead atoms.